The number of carbonyl (C=O) groups is 1. The van der Waals surface area contributed by atoms with Gasteiger partial charge in [-0.1, -0.05) is 38.5 Å². The van der Waals surface area contributed by atoms with Gasteiger partial charge in [-0.3, -0.25) is 9.00 Å². The van der Waals surface area contributed by atoms with Gasteiger partial charge in [0.1, 0.15) is 5.76 Å². The number of nitrogens with zero attached hydrogens (tertiary/aromatic N) is 1. The van der Waals surface area contributed by atoms with Gasteiger partial charge in [0.05, 0.1) is 16.6 Å². The Labute approximate surface area is 164 Å². The van der Waals surface area contributed by atoms with Gasteiger partial charge in [-0.25, -0.2) is 0 Å². The van der Waals surface area contributed by atoms with Crippen LogP contribution in [0.3, 0.4) is 0 Å². The van der Waals surface area contributed by atoms with E-state index in [9.17, 15) is 9.00 Å². The van der Waals surface area contributed by atoms with Crippen molar-refractivity contribution >= 4 is 16.7 Å². The second kappa shape index (κ2) is 11.0. The third-order valence-electron chi connectivity index (χ3n) is 4.49. The van der Waals surface area contributed by atoms with Crippen LogP contribution in [0.2, 0.25) is 0 Å². The molecule has 1 unspecified atom stereocenters. The van der Waals surface area contributed by atoms with Crippen molar-refractivity contribution in [2.75, 3.05) is 26.2 Å². The Morgan fingerprint density at radius 1 is 1.15 bits per heavy atom. The Morgan fingerprint density at radius 2 is 1.93 bits per heavy atom. The van der Waals surface area contributed by atoms with Gasteiger partial charge >= 0.3 is 0 Å². The number of aryl methyl sites for hydroxylation is 1. The minimum atomic E-state index is -1.19. The summed E-state index contributed by atoms with van der Waals surface area (Å²) in [6.07, 6.45) is 2.34. The van der Waals surface area contributed by atoms with E-state index in [4.69, 9.17) is 4.42 Å². The van der Waals surface area contributed by atoms with E-state index >= 15 is 0 Å². The maximum atomic E-state index is 12.5. The van der Waals surface area contributed by atoms with E-state index < -0.39 is 10.8 Å². The molecule has 27 heavy (non-hydrogen) atoms. The van der Waals surface area contributed by atoms with Crippen LogP contribution >= 0.6 is 0 Å². The largest absolute Gasteiger partial charge is 0.455 e. The van der Waals surface area contributed by atoms with E-state index in [1.165, 1.54) is 12.8 Å². The number of furan rings is 1. The number of likely N-dealkylation sites (N-methyl/N-ethyl adjacent to an activating group) is 1. The van der Waals surface area contributed by atoms with Crippen molar-refractivity contribution in [2.24, 2.45) is 0 Å². The fraction of sp³-hybridized carbons (Fsp3) is 0.476. The van der Waals surface area contributed by atoms with Gasteiger partial charge in [0.15, 0.2) is 5.76 Å². The van der Waals surface area contributed by atoms with Gasteiger partial charge in [0.25, 0.3) is 5.91 Å². The summed E-state index contributed by atoms with van der Waals surface area (Å²) in [4.78, 5) is 15.4. The molecule has 148 valence electrons. The Kier molecular flexibility index (Phi) is 8.75. The average molecular weight is 391 g/mol. The zero-order valence-electron chi connectivity index (χ0n) is 16.5. The van der Waals surface area contributed by atoms with E-state index in [1.807, 2.05) is 31.2 Å². The van der Waals surface area contributed by atoms with Crippen LogP contribution in [0.5, 0.6) is 0 Å². The molecule has 1 aromatic carbocycles. The van der Waals surface area contributed by atoms with Gasteiger partial charge in [0.2, 0.25) is 0 Å². The highest BCUT2D eigenvalue weighted by Gasteiger charge is 2.14. The van der Waals surface area contributed by atoms with Gasteiger partial charge in [-0.2, -0.15) is 0 Å². The second-order valence-electron chi connectivity index (χ2n) is 6.57. The minimum absolute atomic E-state index is 0.227. The highest BCUT2D eigenvalue weighted by atomic mass is 32.2. The van der Waals surface area contributed by atoms with Crippen molar-refractivity contribution in [2.45, 2.75) is 44.3 Å². The number of hydrogen-bond acceptors (Lipinski definition) is 4. The van der Waals surface area contributed by atoms with Crippen molar-refractivity contribution in [3.05, 3.63) is 53.5 Å². The van der Waals surface area contributed by atoms with Crippen molar-refractivity contribution in [3.63, 3.8) is 0 Å². The first kappa shape index (κ1) is 21.4. The standard InChI is InChI=1S/C21H30N2O3S/c1-4-6-14-23(5-2)15-13-22-21(24)19-12-11-18(26-19)16-27(25)20-10-8-7-9-17(20)3/h7-12H,4-6,13-16H2,1-3H3,(H,22,24). The fourth-order valence-corrected chi connectivity index (χ4v) is 4.05. The lowest BCUT2D eigenvalue weighted by Gasteiger charge is -2.19. The molecule has 6 heteroatoms. The molecule has 0 saturated carbocycles. The van der Waals surface area contributed by atoms with E-state index in [-0.39, 0.29) is 17.4 Å². The molecule has 0 saturated heterocycles. The zero-order valence-corrected chi connectivity index (χ0v) is 17.3. The molecule has 2 aromatic rings. The average Bonchev–Trinajstić information content (AvgIpc) is 3.13. The topological polar surface area (TPSA) is 62.6 Å². The summed E-state index contributed by atoms with van der Waals surface area (Å²) in [5.41, 5.74) is 0.990. The normalized spacial score (nSPS) is 12.3. The second-order valence-corrected chi connectivity index (χ2v) is 7.98. The first-order valence-electron chi connectivity index (χ1n) is 9.58. The smallest absolute Gasteiger partial charge is 0.287 e. The molecule has 0 aliphatic heterocycles. The predicted octanol–water partition coefficient (Wildman–Crippen LogP) is 3.75. The lowest BCUT2D eigenvalue weighted by Crippen LogP contribution is -2.35. The van der Waals surface area contributed by atoms with E-state index in [0.29, 0.717) is 12.3 Å². The SMILES string of the molecule is CCCCN(CC)CCNC(=O)c1ccc(CS(=O)c2ccccc2C)o1. The first-order valence-corrected chi connectivity index (χ1v) is 10.9. The van der Waals surface area contributed by atoms with Crippen LogP contribution in [0.15, 0.2) is 45.7 Å². The summed E-state index contributed by atoms with van der Waals surface area (Å²) < 4.78 is 18.1. The quantitative estimate of drug-likeness (QED) is 0.635. The summed E-state index contributed by atoms with van der Waals surface area (Å²) in [6, 6.07) is 11.0. The van der Waals surface area contributed by atoms with Crippen LogP contribution in [0.4, 0.5) is 0 Å². The van der Waals surface area contributed by atoms with Gasteiger partial charge < -0.3 is 14.6 Å². The van der Waals surface area contributed by atoms with Crippen LogP contribution in [-0.4, -0.2) is 41.2 Å². The van der Waals surface area contributed by atoms with Crippen LogP contribution < -0.4 is 5.32 Å². The van der Waals surface area contributed by atoms with Crippen LogP contribution in [0, 0.1) is 6.92 Å². The van der Waals surface area contributed by atoms with E-state index in [0.717, 1.165) is 30.1 Å². The van der Waals surface area contributed by atoms with Crippen molar-refractivity contribution in [1.82, 2.24) is 10.2 Å². The summed E-state index contributed by atoms with van der Waals surface area (Å²) in [7, 11) is -1.19. The third kappa shape index (κ3) is 6.63. The number of carbonyl (C=O) groups excluding carboxylic acids is 1. The molecule has 0 aliphatic rings. The number of unbranched alkanes of at least 4 members (excludes halogenated alkanes) is 1. The van der Waals surface area contributed by atoms with Crippen LogP contribution in [0.1, 0.15) is 48.6 Å². The number of rotatable bonds is 11. The number of benzene rings is 1. The van der Waals surface area contributed by atoms with Crippen LogP contribution in [0.25, 0.3) is 0 Å². The number of amides is 1. The maximum Gasteiger partial charge on any atom is 0.287 e. The number of nitrogens with one attached hydrogen (secondary N) is 1. The Bertz CT molecular complexity index is 757. The Balaban J connectivity index is 1.85. The minimum Gasteiger partial charge on any atom is -0.455 e. The zero-order chi connectivity index (χ0) is 19.6. The summed E-state index contributed by atoms with van der Waals surface area (Å²) in [5, 5.41) is 2.90. The molecule has 0 fully saturated rings. The van der Waals surface area contributed by atoms with Crippen molar-refractivity contribution in [3.8, 4) is 0 Å². The summed E-state index contributed by atoms with van der Waals surface area (Å²) in [6.45, 7) is 9.69. The van der Waals surface area contributed by atoms with Gasteiger partial charge in [0, 0.05) is 18.0 Å². The molecule has 1 aromatic heterocycles. The molecule has 2 rings (SSSR count). The first-order chi connectivity index (χ1) is 13.0. The van der Waals surface area contributed by atoms with Crippen molar-refractivity contribution in [1.29, 1.82) is 0 Å². The highest BCUT2D eigenvalue weighted by molar-refractivity contribution is 7.84. The molecule has 1 amide bonds. The molecule has 0 aliphatic carbocycles. The lowest BCUT2D eigenvalue weighted by molar-refractivity contribution is 0.0919. The molecule has 0 spiro atoms. The molecule has 5 nitrogen and oxygen atoms in total. The third-order valence-corrected chi connectivity index (χ3v) is 5.98. The molecule has 1 N–H and O–H groups in total. The Hall–Kier alpha value is -1.92. The summed E-state index contributed by atoms with van der Waals surface area (Å²) >= 11 is 0. The van der Waals surface area contributed by atoms with Crippen molar-refractivity contribution < 1.29 is 13.4 Å². The predicted molar refractivity (Wildman–Crippen MR) is 109 cm³/mol. The molecule has 0 bridgehead atoms. The number of hydrogen-bond donors (Lipinski definition) is 1. The summed E-state index contributed by atoms with van der Waals surface area (Å²) in [5.74, 6) is 0.858. The highest BCUT2D eigenvalue weighted by Crippen LogP contribution is 2.18. The molecular weight excluding hydrogens is 360 g/mol. The van der Waals surface area contributed by atoms with Gasteiger partial charge in [-0.05, 0) is 50.2 Å². The van der Waals surface area contributed by atoms with Crippen LogP contribution in [-0.2, 0) is 16.6 Å². The molecule has 1 atom stereocenters. The lowest BCUT2D eigenvalue weighted by atomic mass is 10.2. The maximum absolute atomic E-state index is 12.5. The van der Waals surface area contributed by atoms with E-state index in [2.05, 4.69) is 24.1 Å². The van der Waals surface area contributed by atoms with Gasteiger partial charge in [-0.15, -0.1) is 0 Å². The van der Waals surface area contributed by atoms with E-state index in [1.54, 1.807) is 12.1 Å². The fourth-order valence-electron chi connectivity index (χ4n) is 2.82. The monoisotopic (exact) mass is 390 g/mol. The molecule has 0 radical (unpaired) electrons. The molecule has 1 heterocycles. The molecular formula is C21H30N2O3S. The Morgan fingerprint density at radius 3 is 2.63 bits per heavy atom.